The quantitative estimate of drug-likeness (QED) is 0.839. The van der Waals surface area contributed by atoms with Gasteiger partial charge < -0.3 is 15.2 Å². The van der Waals surface area contributed by atoms with Gasteiger partial charge in [0.25, 0.3) is 0 Å². The number of rotatable bonds is 6. The third-order valence-electron chi connectivity index (χ3n) is 4.58. The van der Waals surface area contributed by atoms with Crippen molar-refractivity contribution in [3.05, 3.63) is 27.7 Å². The van der Waals surface area contributed by atoms with Crippen LogP contribution in [0.3, 0.4) is 0 Å². The Morgan fingerprint density at radius 3 is 3.17 bits per heavy atom. The van der Waals surface area contributed by atoms with Crippen molar-refractivity contribution in [1.82, 2.24) is 30.4 Å². The lowest BCUT2D eigenvalue weighted by atomic mass is 10.2. The summed E-state index contributed by atoms with van der Waals surface area (Å²) in [6.07, 6.45) is 5.36. The number of nitrogens with zero attached hydrogens (tertiary/aromatic N) is 4. The third kappa shape index (κ3) is 3.28. The number of carbonyl (C=O) groups excluding carboxylic acids is 1. The third-order valence-corrected chi connectivity index (χ3v) is 5.60. The Balaban J connectivity index is 1.23. The average molecular weight is 346 g/mol. The van der Waals surface area contributed by atoms with Gasteiger partial charge in [-0.1, -0.05) is 0 Å². The van der Waals surface area contributed by atoms with Crippen molar-refractivity contribution >= 4 is 17.4 Å². The van der Waals surface area contributed by atoms with Crippen molar-refractivity contribution in [1.29, 1.82) is 0 Å². The van der Waals surface area contributed by atoms with Crippen molar-refractivity contribution in [2.45, 2.75) is 57.5 Å². The Labute approximate surface area is 144 Å². The van der Waals surface area contributed by atoms with E-state index in [1.54, 1.807) is 11.3 Å². The molecule has 0 aromatic carbocycles. The second kappa shape index (κ2) is 6.51. The minimum atomic E-state index is -0.162. The fourth-order valence-electron chi connectivity index (χ4n) is 3.02. The van der Waals surface area contributed by atoms with E-state index in [1.807, 2.05) is 6.92 Å². The molecule has 1 aliphatic heterocycles. The fourth-order valence-corrected chi connectivity index (χ4v) is 4.11. The zero-order valence-corrected chi connectivity index (χ0v) is 14.6. The summed E-state index contributed by atoms with van der Waals surface area (Å²) in [4.78, 5) is 16.7. The molecule has 7 nitrogen and oxygen atoms in total. The number of urea groups is 1. The van der Waals surface area contributed by atoms with Crippen LogP contribution in [-0.2, 0) is 19.4 Å². The predicted molar refractivity (Wildman–Crippen MR) is 91.1 cm³/mol. The molecule has 2 aromatic rings. The zero-order valence-electron chi connectivity index (χ0n) is 13.8. The second-order valence-corrected chi connectivity index (χ2v) is 7.43. The largest absolute Gasteiger partial charge is 0.338 e. The molecule has 2 amide bonds. The predicted octanol–water partition coefficient (Wildman–Crippen LogP) is 2.16. The van der Waals surface area contributed by atoms with Gasteiger partial charge in [0, 0.05) is 37.2 Å². The number of thiazole rings is 1. The number of fused-ring (bicyclic) bond motifs is 1. The lowest BCUT2D eigenvalue weighted by molar-refractivity contribution is 0.238. The summed E-state index contributed by atoms with van der Waals surface area (Å²) < 4.78 is 2.16. The molecule has 0 spiro atoms. The summed E-state index contributed by atoms with van der Waals surface area (Å²) in [6, 6.07) is -0.240. The van der Waals surface area contributed by atoms with Crippen molar-refractivity contribution in [2.75, 3.05) is 6.54 Å². The minimum absolute atomic E-state index is 0.0777. The van der Waals surface area contributed by atoms with Gasteiger partial charge in [-0.05, 0) is 26.2 Å². The maximum atomic E-state index is 12.1. The fraction of sp³-hybridized carbons (Fsp3) is 0.625. The first-order valence-corrected chi connectivity index (χ1v) is 9.49. The first kappa shape index (κ1) is 15.6. The van der Waals surface area contributed by atoms with Crippen LogP contribution in [0.25, 0.3) is 0 Å². The highest BCUT2D eigenvalue weighted by molar-refractivity contribution is 7.09. The Kier molecular flexibility index (Phi) is 4.22. The molecule has 0 radical (unpaired) electrons. The van der Waals surface area contributed by atoms with E-state index in [0.717, 1.165) is 36.7 Å². The van der Waals surface area contributed by atoms with Crippen molar-refractivity contribution < 1.29 is 4.79 Å². The number of aryl methyl sites for hydroxylation is 1. The molecule has 4 rings (SSSR count). The van der Waals surface area contributed by atoms with Crippen molar-refractivity contribution in [2.24, 2.45) is 0 Å². The first-order valence-electron chi connectivity index (χ1n) is 8.61. The van der Waals surface area contributed by atoms with Gasteiger partial charge in [0.15, 0.2) is 0 Å². The van der Waals surface area contributed by atoms with Crippen LogP contribution in [0, 0.1) is 0 Å². The Bertz CT molecular complexity index is 735. The van der Waals surface area contributed by atoms with Crippen LogP contribution in [0.15, 0.2) is 5.38 Å². The normalized spacial score (nSPS) is 17.5. The molecule has 1 fully saturated rings. The molecule has 2 aromatic heterocycles. The van der Waals surface area contributed by atoms with Crippen LogP contribution in [0.1, 0.15) is 60.5 Å². The SMILES string of the molecule is C[C@@H](NC(=O)NCCc1nnc2n1CCC2)c1csc(C2CC2)n1. The van der Waals surface area contributed by atoms with Crippen LogP contribution in [0.2, 0.25) is 0 Å². The van der Waals surface area contributed by atoms with E-state index in [9.17, 15) is 4.79 Å². The number of hydrogen-bond acceptors (Lipinski definition) is 5. The van der Waals surface area contributed by atoms with Crippen LogP contribution in [0.5, 0.6) is 0 Å². The highest BCUT2D eigenvalue weighted by atomic mass is 32.1. The van der Waals surface area contributed by atoms with Gasteiger partial charge in [0.1, 0.15) is 11.6 Å². The van der Waals surface area contributed by atoms with Gasteiger partial charge >= 0.3 is 6.03 Å². The molecule has 2 aliphatic rings. The van der Waals surface area contributed by atoms with Crippen LogP contribution in [-0.4, -0.2) is 32.3 Å². The lowest BCUT2D eigenvalue weighted by Gasteiger charge is -2.12. The Morgan fingerprint density at radius 1 is 1.46 bits per heavy atom. The van der Waals surface area contributed by atoms with E-state index in [1.165, 1.54) is 17.8 Å². The van der Waals surface area contributed by atoms with Gasteiger partial charge in [-0.3, -0.25) is 0 Å². The summed E-state index contributed by atoms with van der Waals surface area (Å²) >= 11 is 1.70. The molecule has 0 unspecified atom stereocenters. The van der Waals surface area contributed by atoms with E-state index in [2.05, 4.69) is 35.8 Å². The van der Waals surface area contributed by atoms with E-state index in [-0.39, 0.29) is 12.1 Å². The van der Waals surface area contributed by atoms with Crippen molar-refractivity contribution in [3.8, 4) is 0 Å². The van der Waals surface area contributed by atoms with Gasteiger partial charge in [-0.15, -0.1) is 21.5 Å². The lowest BCUT2D eigenvalue weighted by Crippen LogP contribution is -2.38. The number of carbonyl (C=O) groups is 1. The molecule has 2 N–H and O–H groups in total. The maximum Gasteiger partial charge on any atom is 0.315 e. The van der Waals surface area contributed by atoms with Gasteiger partial charge in [-0.2, -0.15) is 0 Å². The minimum Gasteiger partial charge on any atom is -0.338 e. The summed E-state index contributed by atoms with van der Waals surface area (Å²) in [7, 11) is 0. The number of nitrogens with one attached hydrogen (secondary N) is 2. The van der Waals surface area contributed by atoms with E-state index in [4.69, 9.17) is 0 Å². The molecule has 1 atom stereocenters. The molecule has 8 heteroatoms. The van der Waals surface area contributed by atoms with Gasteiger partial charge in [0.05, 0.1) is 16.7 Å². The Hall–Kier alpha value is -1.96. The van der Waals surface area contributed by atoms with Gasteiger partial charge in [-0.25, -0.2) is 9.78 Å². The first-order chi connectivity index (χ1) is 11.7. The average Bonchev–Trinajstić information content (AvgIpc) is 3.00. The highest BCUT2D eigenvalue weighted by Crippen LogP contribution is 2.41. The molecule has 3 heterocycles. The molecule has 24 heavy (non-hydrogen) atoms. The maximum absolute atomic E-state index is 12.1. The molecule has 1 saturated carbocycles. The molecule has 0 saturated heterocycles. The van der Waals surface area contributed by atoms with Gasteiger partial charge in [0.2, 0.25) is 0 Å². The molecule has 1 aliphatic carbocycles. The standard InChI is InChI=1S/C16H22N6OS/c1-10(12-9-24-15(19-12)11-4-5-11)18-16(23)17-7-6-14-21-20-13-3-2-8-22(13)14/h9-11H,2-8H2,1H3,(H2,17,18,23)/t10-/m1/s1. The zero-order chi connectivity index (χ0) is 16.5. The van der Waals surface area contributed by atoms with Crippen LogP contribution >= 0.6 is 11.3 Å². The second-order valence-electron chi connectivity index (χ2n) is 6.54. The van der Waals surface area contributed by atoms with Crippen molar-refractivity contribution in [3.63, 3.8) is 0 Å². The monoisotopic (exact) mass is 346 g/mol. The number of hydrogen-bond donors (Lipinski definition) is 2. The molecule has 128 valence electrons. The summed E-state index contributed by atoms with van der Waals surface area (Å²) in [5.74, 6) is 2.69. The molecular formula is C16H22N6OS. The van der Waals surface area contributed by atoms with E-state index in [0.29, 0.717) is 18.9 Å². The summed E-state index contributed by atoms with van der Waals surface area (Å²) in [5.41, 5.74) is 0.951. The molecular weight excluding hydrogens is 324 g/mol. The van der Waals surface area contributed by atoms with Crippen LogP contribution < -0.4 is 10.6 Å². The number of amides is 2. The Morgan fingerprint density at radius 2 is 2.33 bits per heavy atom. The van der Waals surface area contributed by atoms with E-state index < -0.39 is 0 Å². The van der Waals surface area contributed by atoms with Crippen LogP contribution in [0.4, 0.5) is 4.79 Å². The highest BCUT2D eigenvalue weighted by Gasteiger charge is 2.27. The van der Waals surface area contributed by atoms with E-state index >= 15 is 0 Å². The molecule has 0 bridgehead atoms. The summed E-state index contributed by atoms with van der Waals surface area (Å²) in [5, 5.41) is 17.5. The number of aromatic nitrogens is 4. The summed E-state index contributed by atoms with van der Waals surface area (Å²) in [6.45, 7) is 3.52. The smallest absolute Gasteiger partial charge is 0.315 e. The topological polar surface area (TPSA) is 84.7 Å².